The zero-order valence-electron chi connectivity index (χ0n) is 11.0. The highest BCUT2D eigenvalue weighted by atomic mass is 19.1. The Kier molecular flexibility index (Phi) is 3.45. The van der Waals surface area contributed by atoms with E-state index >= 15 is 0 Å². The van der Waals surface area contributed by atoms with Crippen LogP contribution in [0.3, 0.4) is 0 Å². The smallest absolute Gasteiger partial charge is 0.126 e. The van der Waals surface area contributed by atoms with Crippen LogP contribution in [0.1, 0.15) is 45.1 Å². The molecule has 0 spiro atoms. The summed E-state index contributed by atoms with van der Waals surface area (Å²) in [5, 5.41) is 10.8. The van der Waals surface area contributed by atoms with Crippen LogP contribution in [0, 0.1) is 17.0 Å². The van der Waals surface area contributed by atoms with Crippen molar-refractivity contribution in [3.05, 3.63) is 35.4 Å². The monoisotopic (exact) mass is 254 g/mol. The second-order valence-corrected chi connectivity index (χ2v) is 6.08. The van der Waals surface area contributed by atoms with Crippen molar-refractivity contribution in [3.8, 4) is 0 Å². The summed E-state index contributed by atoms with van der Waals surface area (Å²) in [6.07, 6.45) is 4.03. The van der Waals surface area contributed by atoms with Crippen LogP contribution < -0.4 is 0 Å². The molecular weight excluding hydrogens is 234 g/mol. The zero-order chi connectivity index (χ0) is 13.4. The van der Waals surface area contributed by atoms with Crippen LogP contribution in [0.2, 0.25) is 0 Å². The van der Waals surface area contributed by atoms with Gasteiger partial charge in [0.25, 0.3) is 0 Å². The van der Waals surface area contributed by atoms with Gasteiger partial charge in [-0.15, -0.1) is 0 Å². The minimum Gasteiger partial charge on any atom is -0.389 e. The van der Waals surface area contributed by atoms with Gasteiger partial charge >= 0.3 is 0 Å². The van der Waals surface area contributed by atoms with Crippen LogP contribution in [-0.4, -0.2) is 10.7 Å². The van der Waals surface area contributed by atoms with Gasteiger partial charge in [0, 0.05) is 12.5 Å². The van der Waals surface area contributed by atoms with Gasteiger partial charge < -0.3 is 5.11 Å². The van der Waals surface area contributed by atoms with Crippen molar-refractivity contribution in [2.75, 3.05) is 0 Å². The van der Waals surface area contributed by atoms with E-state index in [1.54, 1.807) is 0 Å². The van der Waals surface area contributed by atoms with Gasteiger partial charge in [0.1, 0.15) is 11.6 Å². The van der Waals surface area contributed by atoms with Crippen molar-refractivity contribution < 1.29 is 13.9 Å². The molecule has 1 unspecified atom stereocenters. The van der Waals surface area contributed by atoms with Gasteiger partial charge in [0.2, 0.25) is 0 Å². The minimum absolute atomic E-state index is 0.214. The number of hydrogen-bond donors (Lipinski definition) is 1. The number of aliphatic hydroxyl groups is 1. The average Bonchev–Trinajstić information content (AvgIpc) is 2.21. The van der Waals surface area contributed by atoms with E-state index in [4.69, 9.17) is 0 Å². The Morgan fingerprint density at radius 1 is 1.06 bits per heavy atom. The largest absolute Gasteiger partial charge is 0.389 e. The lowest BCUT2D eigenvalue weighted by Gasteiger charge is -2.46. The molecule has 0 heterocycles. The fourth-order valence-corrected chi connectivity index (χ4v) is 2.93. The third kappa shape index (κ3) is 2.56. The van der Waals surface area contributed by atoms with Gasteiger partial charge in [-0.25, -0.2) is 8.78 Å². The molecule has 1 fully saturated rings. The van der Waals surface area contributed by atoms with E-state index in [1.165, 1.54) is 12.1 Å². The van der Waals surface area contributed by atoms with Crippen LogP contribution >= 0.6 is 0 Å². The molecule has 0 aliphatic heterocycles. The van der Waals surface area contributed by atoms with Crippen molar-refractivity contribution in [1.82, 2.24) is 0 Å². The first-order chi connectivity index (χ1) is 8.32. The summed E-state index contributed by atoms with van der Waals surface area (Å²) in [6, 6.07) is 3.48. The lowest BCUT2D eigenvalue weighted by Crippen LogP contribution is -2.48. The Balaban J connectivity index is 2.26. The SMILES string of the molecule is CC1(C)CCCCC1(O)Cc1cc(F)cc(F)c1. The first-order valence-corrected chi connectivity index (χ1v) is 6.50. The molecule has 1 aromatic carbocycles. The molecule has 1 aromatic rings. The van der Waals surface area contributed by atoms with Crippen molar-refractivity contribution in [3.63, 3.8) is 0 Å². The van der Waals surface area contributed by atoms with Crippen LogP contribution in [0.25, 0.3) is 0 Å². The summed E-state index contributed by atoms with van der Waals surface area (Å²) < 4.78 is 26.4. The summed E-state index contributed by atoms with van der Waals surface area (Å²) in [4.78, 5) is 0. The quantitative estimate of drug-likeness (QED) is 0.850. The summed E-state index contributed by atoms with van der Waals surface area (Å²) in [5.41, 5.74) is -0.551. The van der Waals surface area contributed by atoms with Crippen molar-refractivity contribution in [1.29, 1.82) is 0 Å². The van der Waals surface area contributed by atoms with Crippen LogP contribution in [0.15, 0.2) is 18.2 Å². The van der Waals surface area contributed by atoms with E-state index in [2.05, 4.69) is 0 Å². The first kappa shape index (κ1) is 13.5. The molecule has 0 radical (unpaired) electrons. The van der Waals surface area contributed by atoms with Gasteiger partial charge in [-0.05, 0) is 36.0 Å². The second-order valence-electron chi connectivity index (χ2n) is 6.08. The van der Waals surface area contributed by atoms with E-state index in [0.717, 1.165) is 25.3 Å². The van der Waals surface area contributed by atoms with Gasteiger partial charge in [0.05, 0.1) is 5.60 Å². The topological polar surface area (TPSA) is 20.2 Å². The molecule has 1 nitrogen and oxygen atoms in total. The van der Waals surface area contributed by atoms with Gasteiger partial charge in [-0.1, -0.05) is 26.7 Å². The van der Waals surface area contributed by atoms with Crippen LogP contribution in [-0.2, 0) is 6.42 Å². The third-order valence-corrected chi connectivity index (χ3v) is 4.32. The first-order valence-electron chi connectivity index (χ1n) is 6.50. The predicted octanol–water partition coefficient (Wildman–Crippen LogP) is 3.84. The Labute approximate surface area is 107 Å². The van der Waals surface area contributed by atoms with E-state index in [0.29, 0.717) is 18.4 Å². The van der Waals surface area contributed by atoms with Crippen molar-refractivity contribution in [2.24, 2.45) is 5.41 Å². The molecule has 3 heteroatoms. The number of benzene rings is 1. The van der Waals surface area contributed by atoms with Gasteiger partial charge in [-0.2, -0.15) is 0 Å². The van der Waals surface area contributed by atoms with E-state index < -0.39 is 17.2 Å². The molecule has 100 valence electrons. The van der Waals surface area contributed by atoms with Crippen molar-refractivity contribution >= 4 is 0 Å². The van der Waals surface area contributed by atoms with Gasteiger partial charge in [-0.3, -0.25) is 0 Å². The number of halogens is 2. The summed E-state index contributed by atoms with van der Waals surface area (Å²) in [6.45, 7) is 4.06. The zero-order valence-corrected chi connectivity index (χ0v) is 11.0. The highest BCUT2D eigenvalue weighted by molar-refractivity contribution is 5.21. The predicted molar refractivity (Wildman–Crippen MR) is 67.3 cm³/mol. The molecule has 0 saturated heterocycles. The van der Waals surface area contributed by atoms with E-state index in [1.807, 2.05) is 13.8 Å². The molecule has 1 atom stereocenters. The Morgan fingerprint density at radius 3 is 2.17 bits per heavy atom. The molecule has 1 N–H and O–H groups in total. The molecule has 0 amide bonds. The van der Waals surface area contributed by atoms with E-state index in [9.17, 15) is 13.9 Å². The molecule has 2 rings (SSSR count). The van der Waals surface area contributed by atoms with Crippen LogP contribution in [0.4, 0.5) is 8.78 Å². The molecule has 1 saturated carbocycles. The van der Waals surface area contributed by atoms with Gasteiger partial charge in [0.15, 0.2) is 0 Å². The lowest BCUT2D eigenvalue weighted by molar-refractivity contribution is -0.0958. The second kappa shape index (κ2) is 4.61. The highest BCUT2D eigenvalue weighted by Crippen LogP contribution is 2.45. The Morgan fingerprint density at radius 2 is 1.61 bits per heavy atom. The van der Waals surface area contributed by atoms with Crippen LogP contribution in [0.5, 0.6) is 0 Å². The molecule has 1 aliphatic rings. The van der Waals surface area contributed by atoms with Crippen molar-refractivity contribution in [2.45, 2.75) is 51.6 Å². The summed E-state index contributed by atoms with van der Waals surface area (Å²) >= 11 is 0. The molecular formula is C15H20F2O. The number of hydrogen-bond acceptors (Lipinski definition) is 1. The Hall–Kier alpha value is -0.960. The standard InChI is InChI=1S/C15H20F2O/c1-14(2)5-3-4-6-15(14,18)10-11-7-12(16)9-13(17)8-11/h7-9,18H,3-6,10H2,1-2H3. The minimum atomic E-state index is -0.870. The fraction of sp³-hybridized carbons (Fsp3) is 0.600. The number of rotatable bonds is 2. The fourth-order valence-electron chi connectivity index (χ4n) is 2.93. The lowest BCUT2D eigenvalue weighted by atomic mass is 9.63. The summed E-state index contributed by atoms with van der Waals surface area (Å²) in [5.74, 6) is -1.16. The molecule has 18 heavy (non-hydrogen) atoms. The maximum atomic E-state index is 13.2. The average molecular weight is 254 g/mol. The van der Waals surface area contributed by atoms with E-state index in [-0.39, 0.29) is 5.41 Å². The molecule has 1 aliphatic carbocycles. The molecule has 0 aromatic heterocycles. The Bertz CT molecular complexity index is 422. The molecule has 0 bridgehead atoms. The maximum absolute atomic E-state index is 13.2. The normalized spacial score (nSPS) is 27.2. The third-order valence-electron chi connectivity index (χ3n) is 4.32. The summed E-state index contributed by atoms with van der Waals surface area (Å²) in [7, 11) is 0. The highest BCUT2D eigenvalue weighted by Gasteiger charge is 2.44. The maximum Gasteiger partial charge on any atom is 0.126 e.